The Labute approximate surface area is 139 Å². The molecule has 122 valence electrons. The van der Waals surface area contributed by atoms with Gasteiger partial charge in [-0.25, -0.2) is 0 Å². The Hall–Kier alpha value is -2.06. The second-order valence-electron chi connectivity index (χ2n) is 6.89. The van der Waals surface area contributed by atoms with Crippen LogP contribution >= 0.6 is 0 Å². The van der Waals surface area contributed by atoms with E-state index in [0.29, 0.717) is 0 Å². The van der Waals surface area contributed by atoms with Gasteiger partial charge in [-0.1, -0.05) is 57.2 Å². The lowest BCUT2D eigenvalue weighted by Crippen LogP contribution is -2.13. The van der Waals surface area contributed by atoms with Crippen molar-refractivity contribution in [2.75, 3.05) is 7.11 Å². The van der Waals surface area contributed by atoms with E-state index < -0.39 is 0 Å². The molecule has 0 unspecified atom stereocenters. The Morgan fingerprint density at radius 2 is 1.74 bits per heavy atom. The number of ether oxygens (including phenoxy) is 1. The van der Waals surface area contributed by atoms with Gasteiger partial charge in [-0.15, -0.1) is 0 Å². The Morgan fingerprint density at radius 1 is 1.09 bits per heavy atom. The molecule has 0 spiro atoms. The second kappa shape index (κ2) is 7.01. The van der Waals surface area contributed by atoms with Crippen molar-refractivity contribution < 1.29 is 9.84 Å². The van der Waals surface area contributed by atoms with E-state index in [-0.39, 0.29) is 12.0 Å². The van der Waals surface area contributed by atoms with Gasteiger partial charge in [0.25, 0.3) is 0 Å². The Balaban J connectivity index is 2.38. The largest absolute Gasteiger partial charge is 0.496 e. The summed E-state index contributed by atoms with van der Waals surface area (Å²) in [7, 11) is 1.72. The molecule has 0 bridgehead atoms. The van der Waals surface area contributed by atoms with Gasteiger partial charge in [0.15, 0.2) is 0 Å². The van der Waals surface area contributed by atoms with E-state index >= 15 is 0 Å². The zero-order valence-corrected chi connectivity index (χ0v) is 14.7. The van der Waals surface area contributed by atoms with Crippen molar-refractivity contribution in [3.05, 3.63) is 64.7 Å². The molecule has 2 aromatic carbocycles. The molecule has 0 amide bonds. The molecule has 0 heterocycles. The van der Waals surface area contributed by atoms with Crippen LogP contribution in [0.15, 0.2) is 42.5 Å². The molecule has 0 radical (unpaired) electrons. The lowest BCUT2D eigenvalue weighted by Gasteiger charge is -2.23. The average Bonchev–Trinajstić information content (AvgIpc) is 2.54. The molecule has 2 rings (SSSR count). The zero-order chi connectivity index (χ0) is 17.0. The summed E-state index contributed by atoms with van der Waals surface area (Å²) >= 11 is 0. The van der Waals surface area contributed by atoms with Gasteiger partial charge in [0.2, 0.25) is 0 Å². The molecule has 23 heavy (non-hydrogen) atoms. The van der Waals surface area contributed by atoms with E-state index in [4.69, 9.17) is 9.84 Å². The summed E-state index contributed by atoms with van der Waals surface area (Å²) in [5.41, 5.74) is 5.70. The van der Waals surface area contributed by atoms with Crippen molar-refractivity contribution in [1.29, 1.82) is 0 Å². The highest BCUT2D eigenvalue weighted by Crippen LogP contribution is 2.34. The fraction of sp³-hybridized carbons (Fsp3) is 0.333. The van der Waals surface area contributed by atoms with Crippen molar-refractivity contribution in [3.8, 4) is 5.75 Å². The molecule has 0 aliphatic rings. The Kier molecular flexibility index (Phi) is 5.27. The minimum atomic E-state index is 0.0322. The lowest BCUT2D eigenvalue weighted by molar-refractivity contribution is 0.282. The summed E-state index contributed by atoms with van der Waals surface area (Å²) in [6.07, 6.45) is 2.16. The standard InChI is InChI=1S/C21H26O2/c1-15(12-16-6-8-17(14-22)9-7-16)18-10-11-20(23-5)19(13-18)21(2,3)4/h6-13,22H,14H2,1-5H3/b15-12+. The molecule has 0 saturated heterocycles. The molecule has 2 aromatic rings. The summed E-state index contributed by atoms with van der Waals surface area (Å²) in [6, 6.07) is 14.3. The molecule has 0 aliphatic carbocycles. The second-order valence-corrected chi connectivity index (χ2v) is 6.89. The van der Waals surface area contributed by atoms with Crippen molar-refractivity contribution in [2.24, 2.45) is 0 Å². The molecule has 2 heteroatoms. The third-order valence-corrected chi connectivity index (χ3v) is 4.01. The molecule has 0 aromatic heterocycles. The monoisotopic (exact) mass is 310 g/mol. The minimum absolute atomic E-state index is 0.0322. The summed E-state index contributed by atoms with van der Waals surface area (Å²) in [5, 5.41) is 9.12. The van der Waals surface area contributed by atoms with Gasteiger partial charge >= 0.3 is 0 Å². The van der Waals surface area contributed by atoms with Gasteiger partial charge in [-0.3, -0.25) is 0 Å². The highest BCUT2D eigenvalue weighted by atomic mass is 16.5. The fourth-order valence-electron chi connectivity index (χ4n) is 2.59. The third-order valence-electron chi connectivity index (χ3n) is 4.01. The van der Waals surface area contributed by atoms with Gasteiger partial charge in [0.1, 0.15) is 5.75 Å². The number of benzene rings is 2. The molecular weight excluding hydrogens is 284 g/mol. The number of methoxy groups -OCH3 is 1. The molecule has 2 nitrogen and oxygen atoms in total. The van der Waals surface area contributed by atoms with Crippen molar-refractivity contribution in [2.45, 2.75) is 39.7 Å². The van der Waals surface area contributed by atoms with Crippen LogP contribution in [0.25, 0.3) is 11.6 Å². The Bertz CT molecular complexity index is 689. The number of rotatable bonds is 4. The van der Waals surface area contributed by atoms with Crippen LogP contribution in [0.4, 0.5) is 0 Å². The minimum Gasteiger partial charge on any atom is -0.496 e. The molecular formula is C21H26O2. The number of allylic oxidation sites excluding steroid dienone is 1. The Morgan fingerprint density at radius 3 is 2.26 bits per heavy atom. The molecule has 0 saturated carbocycles. The van der Waals surface area contributed by atoms with E-state index in [1.807, 2.05) is 30.3 Å². The van der Waals surface area contributed by atoms with E-state index in [1.54, 1.807) is 7.11 Å². The van der Waals surface area contributed by atoms with Gasteiger partial charge in [0, 0.05) is 5.56 Å². The first-order valence-electron chi connectivity index (χ1n) is 7.92. The summed E-state index contributed by atoms with van der Waals surface area (Å²) in [5.74, 6) is 0.932. The normalized spacial score (nSPS) is 12.3. The lowest BCUT2D eigenvalue weighted by atomic mass is 9.84. The van der Waals surface area contributed by atoms with Gasteiger partial charge in [-0.2, -0.15) is 0 Å². The first kappa shape index (κ1) is 17.3. The predicted molar refractivity (Wildman–Crippen MR) is 97.6 cm³/mol. The van der Waals surface area contributed by atoms with Crippen LogP contribution in [-0.2, 0) is 12.0 Å². The predicted octanol–water partition coefficient (Wildman–Crippen LogP) is 5.05. The van der Waals surface area contributed by atoms with Crippen molar-refractivity contribution in [3.63, 3.8) is 0 Å². The fourth-order valence-corrected chi connectivity index (χ4v) is 2.59. The van der Waals surface area contributed by atoms with Crippen LogP contribution in [0.3, 0.4) is 0 Å². The molecule has 0 fully saturated rings. The van der Waals surface area contributed by atoms with Crippen LogP contribution in [-0.4, -0.2) is 12.2 Å². The maximum Gasteiger partial charge on any atom is 0.122 e. The maximum atomic E-state index is 9.12. The van der Waals surface area contributed by atoms with E-state index in [2.05, 4.69) is 45.9 Å². The highest BCUT2D eigenvalue weighted by Gasteiger charge is 2.19. The third kappa shape index (κ3) is 4.23. The summed E-state index contributed by atoms with van der Waals surface area (Å²) < 4.78 is 5.51. The smallest absolute Gasteiger partial charge is 0.122 e. The average molecular weight is 310 g/mol. The SMILES string of the molecule is COc1ccc(/C(C)=C/c2ccc(CO)cc2)cc1C(C)(C)C. The van der Waals surface area contributed by atoms with Gasteiger partial charge in [0.05, 0.1) is 13.7 Å². The van der Waals surface area contributed by atoms with E-state index in [0.717, 1.165) is 16.9 Å². The van der Waals surface area contributed by atoms with Crippen LogP contribution < -0.4 is 4.74 Å². The first-order valence-corrected chi connectivity index (χ1v) is 7.92. The van der Waals surface area contributed by atoms with Crippen LogP contribution in [0.2, 0.25) is 0 Å². The number of aliphatic hydroxyl groups excluding tert-OH is 1. The molecule has 0 aliphatic heterocycles. The zero-order valence-electron chi connectivity index (χ0n) is 14.7. The summed E-state index contributed by atoms with van der Waals surface area (Å²) in [6.45, 7) is 8.79. The number of aliphatic hydroxyl groups is 1. The molecule has 1 N–H and O–H groups in total. The van der Waals surface area contributed by atoms with Crippen molar-refractivity contribution in [1.82, 2.24) is 0 Å². The van der Waals surface area contributed by atoms with Gasteiger partial charge in [-0.05, 0) is 46.7 Å². The number of hydrogen-bond acceptors (Lipinski definition) is 2. The van der Waals surface area contributed by atoms with Crippen LogP contribution in [0.5, 0.6) is 5.75 Å². The summed E-state index contributed by atoms with van der Waals surface area (Å²) in [4.78, 5) is 0. The van der Waals surface area contributed by atoms with E-state index in [9.17, 15) is 0 Å². The quantitative estimate of drug-likeness (QED) is 0.801. The highest BCUT2D eigenvalue weighted by molar-refractivity contribution is 5.80. The van der Waals surface area contributed by atoms with Crippen LogP contribution in [0, 0.1) is 0 Å². The van der Waals surface area contributed by atoms with Crippen molar-refractivity contribution >= 4 is 11.6 Å². The van der Waals surface area contributed by atoms with Crippen LogP contribution in [0.1, 0.15) is 49.9 Å². The number of hydrogen-bond donors (Lipinski definition) is 1. The van der Waals surface area contributed by atoms with E-state index in [1.165, 1.54) is 16.7 Å². The maximum absolute atomic E-state index is 9.12. The topological polar surface area (TPSA) is 29.5 Å². The first-order chi connectivity index (χ1) is 10.8. The molecule has 0 atom stereocenters. The van der Waals surface area contributed by atoms with Gasteiger partial charge < -0.3 is 9.84 Å².